The number of methoxy groups -OCH3 is 1. The normalized spacial score (nSPS) is 10.9. The molecule has 28 heavy (non-hydrogen) atoms. The highest BCUT2D eigenvalue weighted by Gasteiger charge is 2.16. The Kier molecular flexibility index (Phi) is 7.48. The number of carbonyl (C=O) groups excluding carboxylic acids is 2. The molecule has 0 atom stereocenters. The van der Waals surface area contributed by atoms with Crippen molar-refractivity contribution in [3.8, 4) is 0 Å². The number of hydrogen-bond donors (Lipinski definition) is 2. The van der Waals surface area contributed by atoms with Crippen molar-refractivity contribution in [2.75, 3.05) is 31.3 Å². The molecule has 0 aliphatic heterocycles. The number of ether oxygens (including phenoxy) is 1. The second kappa shape index (κ2) is 9.82. The Morgan fingerprint density at radius 3 is 2.39 bits per heavy atom. The van der Waals surface area contributed by atoms with Crippen LogP contribution in [0.3, 0.4) is 0 Å². The van der Waals surface area contributed by atoms with Crippen molar-refractivity contribution in [1.29, 1.82) is 0 Å². The summed E-state index contributed by atoms with van der Waals surface area (Å²) >= 11 is 0. The zero-order valence-corrected chi connectivity index (χ0v) is 16.3. The first kappa shape index (κ1) is 21.3. The zero-order chi connectivity index (χ0) is 20.6. The Morgan fingerprint density at radius 1 is 1.07 bits per heavy atom. The highest BCUT2D eigenvalue weighted by atomic mass is 32.2. The molecular weight excluding hydrogens is 380 g/mol. The second-order valence-electron chi connectivity index (χ2n) is 5.83. The highest BCUT2D eigenvalue weighted by Crippen LogP contribution is 2.18. The van der Waals surface area contributed by atoms with Crippen LogP contribution in [-0.4, -0.2) is 46.2 Å². The molecule has 8 heteroatoms. The summed E-state index contributed by atoms with van der Waals surface area (Å²) in [4.78, 5) is 24.8. The van der Waals surface area contributed by atoms with Crippen molar-refractivity contribution in [1.82, 2.24) is 5.32 Å². The number of nitrogens with one attached hydrogen (secondary N) is 2. The van der Waals surface area contributed by atoms with E-state index >= 15 is 0 Å². The van der Waals surface area contributed by atoms with Gasteiger partial charge in [0.2, 0.25) is 0 Å². The topological polar surface area (TPSA) is 102 Å². The second-order valence-corrected chi connectivity index (χ2v) is 7.94. The lowest BCUT2D eigenvalue weighted by Gasteiger charge is -2.11. The molecule has 0 aliphatic rings. The fourth-order valence-corrected chi connectivity index (χ4v) is 3.54. The van der Waals surface area contributed by atoms with Crippen molar-refractivity contribution in [2.24, 2.45) is 0 Å². The molecular formula is C20H22N2O5S. The van der Waals surface area contributed by atoms with Gasteiger partial charge < -0.3 is 15.4 Å². The smallest absolute Gasteiger partial charge is 0.255 e. The van der Waals surface area contributed by atoms with Crippen LogP contribution in [0.2, 0.25) is 0 Å². The molecule has 0 heterocycles. The average Bonchev–Trinajstić information content (AvgIpc) is 2.71. The van der Waals surface area contributed by atoms with E-state index in [9.17, 15) is 18.0 Å². The molecule has 0 bridgehead atoms. The number of sulfone groups is 1. The first-order chi connectivity index (χ1) is 13.4. The van der Waals surface area contributed by atoms with Gasteiger partial charge in [-0.3, -0.25) is 9.59 Å². The summed E-state index contributed by atoms with van der Waals surface area (Å²) in [6.45, 7) is 3.94. The molecule has 2 aromatic rings. The summed E-state index contributed by atoms with van der Waals surface area (Å²) in [5, 5.41) is 5.34. The maximum absolute atomic E-state index is 12.5. The Bertz CT molecular complexity index is 953. The minimum atomic E-state index is -3.47. The van der Waals surface area contributed by atoms with Crippen LogP contribution in [0.25, 0.3) is 0 Å². The Balaban J connectivity index is 2.16. The fourth-order valence-electron chi connectivity index (χ4n) is 2.37. The van der Waals surface area contributed by atoms with Gasteiger partial charge in [0.15, 0.2) is 9.84 Å². The van der Waals surface area contributed by atoms with E-state index in [1.54, 1.807) is 30.3 Å². The highest BCUT2D eigenvalue weighted by molar-refractivity contribution is 7.91. The van der Waals surface area contributed by atoms with E-state index in [4.69, 9.17) is 4.74 Å². The lowest BCUT2D eigenvalue weighted by atomic mass is 10.1. The summed E-state index contributed by atoms with van der Waals surface area (Å²) in [6.07, 6.45) is 1.56. The van der Waals surface area contributed by atoms with Crippen LogP contribution in [-0.2, 0) is 14.6 Å². The molecule has 0 aromatic heterocycles. The number of carbonyl (C=O) groups is 2. The van der Waals surface area contributed by atoms with Gasteiger partial charge in [-0.05, 0) is 36.4 Å². The fraction of sp³-hybridized carbons (Fsp3) is 0.200. The van der Waals surface area contributed by atoms with E-state index in [1.807, 2.05) is 0 Å². The Labute approximate surface area is 164 Å². The third-order valence-corrected chi connectivity index (χ3v) is 5.55. The van der Waals surface area contributed by atoms with E-state index in [0.29, 0.717) is 17.8 Å². The average molecular weight is 402 g/mol. The molecule has 0 aliphatic carbocycles. The molecule has 2 N–H and O–H groups in total. The van der Waals surface area contributed by atoms with Gasteiger partial charge >= 0.3 is 0 Å². The number of para-hydroxylation sites is 1. The first-order valence-electron chi connectivity index (χ1n) is 8.50. The summed E-state index contributed by atoms with van der Waals surface area (Å²) in [5.41, 5.74) is 0.939. The molecule has 2 amide bonds. The van der Waals surface area contributed by atoms with Gasteiger partial charge in [-0.15, -0.1) is 6.58 Å². The molecule has 0 spiro atoms. The minimum Gasteiger partial charge on any atom is -0.384 e. The Hall–Kier alpha value is -2.97. The number of hydrogen-bond acceptors (Lipinski definition) is 5. The van der Waals surface area contributed by atoms with Crippen molar-refractivity contribution in [3.63, 3.8) is 0 Å². The van der Waals surface area contributed by atoms with Gasteiger partial charge in [-0.1, -0.05) is 18.2 Å². The first-order valence-corrected chi connectivity index (χ1v) is 10.2. The summed E-state index contributed by atoms with van der Waals surface area (Å²) in [6, 6.07) is 12.2. The molecule has 2 aromatic carbocycles. The summed E-state index contributed by atoms with van der Waals surface area (Å²) < 4.78 is 29.1. The molecule has 0 fully saturated rings. The van der Waals surface area contributed by atoms with E-state index in [1.165, 1.54) is 31.4 Å². The molecule has 0 saturated carbocycles. The maximum atomic E-state index is 12.5. The number of anilines is 1. The summed E-state index contributed by atoms with van der Waals surface area (Å²) in [7, 11) is -2.04. The molecule has 2 rings (SSSR count). The monoisotopic (exact) mass is 402 g/mol. The molecule has 0 radical (unpaired) electrons. The zero-order valence-electron chi connectivity index (χ0n) is 15.5. The standard InChI is InChI=1S/C20H22N2O5S/c1-3-12-21-20(24)17-6-4-5-7-18(17)22-19(23)15-8-10-16(11-9-15)28(25,26)14-13-27-2/h3-11H,1,12-14H2,2H3,(H,21,24)(H,22,23). The number of amides is 2. The van der Waals surface area contributed by atoms with Crippen LogP contribution in [0.15, 0.2) is 66.1 Å². The lowest BCUT2D eigenvalue weighted by molar-refractivity contribution is 0.0959. The van der Waals surface area contributed by atoms with Crippen LogP contribution < -0.4 is 10.6 Å². The van der Waals surface area contributed by atoms with Crippen LogP contribution in [0.1, 0.15) is 20.7 Å². The van der Waals surface area contributed by atoms with E-state index in [2.05, 4.69) is 17.2 Å². The largest absolute Gasteiger partial charge is 0.384 e. The SMILES string of the molecule is C=CCNC(=O)c1ccccc1NC(=O)c1ccc(S(=O)(=O)CCOC)cc1. The van der Waals surface area contributed by atoms with Crippen LogP contribution in [0, 0.1) is 0 Å². The van der Waals surface area contributed by atoms with E-state index in [-0.39, 0.29) is 28.7 Å². The third-order valence-electron chi connectivity index (χ3n) is 3.86. The predicted octanol–water partition coefficient (Wildman–Crippen LogP) is 2.27. The van der Waals surface area contributed by atoms with Gasteiger partial charge in [-0.25, -0.2) is 8.42 Å². The number of benzene rings is 2. The van der Waals surface area contributed by atoms with Gasteiger partial charge in [0, 0.05) is 19.2 Å². The quantitative estimate of drug-likeness (QED) is 0.627. The molecule has 148 valence electrons. The van der Waals surface area contributed by atoms with Gasteiger partial charge in [0.1, 0.15) is 0 Å². The minimum absolute atomic E-state index is 0.0925. The van der Waals surface area contributed by atoms with Crippen molar-refractivity contribution in [2.45, 2.75) is 4.90 Å². The van der Waals surface area contributed by atoms with Crippen molar-refractivity contribution >= 4 is 27.3 Å². The van der Waals surface area contributed by atoms with E-state index < -0.39 is 15.7 Å². The van der Waals surface area contributed by atoms with Crippen LogP contribution in [0.5, 0.6) is 0 Å². The maximum Gasteiger partial charge on any atom is 0.255 e. The third kappa shape index (κ3) is 5.51. The van der Waals surface area contributed by atoms with Gasteiger partial charge in [0.05, 0.1) is 28.5 Å². The van der Waals surface area contributed by atoms with Crippen molar-refractivity contribution in [3.05, 3.63) is 72.3 Å². The van der Waals surface area contributed by atoms with E-state index in [0.717, 1.165) is 0 Å². The Morgan fingerprint density at radius 2 is 1.75 bits per heavy atom. The van der Waals surface area contributed by atoms with Crippen molar-refractivity contribution < 1.29 is 22.7 Å². The van der Waals surface area contributed by atoms with Crippen LogP contribution in [0.4, 0.5) is 5.69 Å². The molecule has 7 nitrogen and oxygen atoms in total. The lowest BCUT2D eigenvalue weighted by Crippen LogP contribution is -2.25. The van der Waals surface area contributed by atoms with Crippen LogP contribution >= 0.6 is 0 Å². The predicted molar refractivity (Wildman–Crippen MR) is 107 cm³/mol. The van der Waals surface area contributed by atoms with Gasteiger partial charge in [-0.2, -0.15) is 0 Å². The number of rotatable bonds is 9. The molecule has 0 unspecified atom stereocenters. The summed E-state index contributed by atoms with van der Waals surface area (Å²) in [5.74, 6) is -0.928. The molecule has 0 saturated heterocycles. The van der Waals surface area contributed by atoms with Gasteiger partial charge in [0.25, 0.3) is 11.8 Å².